The van der Waals surface area contributed by atoms with Crippen molar-refractivity contribution in [2.45, 2.75) is 44.5 Å². The minimum absolute atomic E-state index is 0.0338. The molecule has 3 amide bonds. The number of amides is 3. The molecule has 7 nitrogen and oxygen atoms in total. The van der Waals surface area contributed by atoms with E-state index in [2.05, 4.69) is 5.32 Å². The van der Waals surface area contributed by atoms with Gasteiger partial charge in [-0.25, -0.2) is 4.39 Å². The molecule has 3 aromatic rings. The summed E-state index contributed by atoms with van der Waals surface area (Å²) in [5.74, 6) is -1.25. The van der Waals surface area contributed by atoms with E-state index < -0.39 is 23.5 Å². The van der Waals surface area contributed by atoms with E-state index in [1.165, 1.54) is 29.2 Å². The highest BCUT2D eigenvalue weighted by Gasteiger charge is 2.54. The normalized spacial score (nSPS) is 19.1. The molecule has 2 aliphatic heterocycles. The second kappa shape index (κ2) is 11.0. The summed E-state index contributed by atoms with van der Waals surface area (Å²) in [6.45, 7) is 4.60. The SMILES string of the molecule is Cc1cccc(C(=O)N2CCC3(CC2)OC[C@@H](C(=O)N[C@@H](C)c2ccccc2)N3C(=O)c2ccc(F)cc2)c1. The molecule has 1 N–H and O–H groups in total. The number of carbonyl (C=O) groups is 3. The van der Waals surface area contributed by atoms with E-state index >= 15 is 0 Å². The van der Waals surface area contributed by atoms with Crippen LogP contribution in [0.3, 0.4) is 0 Å². The van der Waals surface area contributed by atoms with Gasteiger partial charge in [0.05, 0.1) is 12.6 Å². The average molecular weight is 530 g/mol. The lowest BCUT2D eigenvalue weighted by molar-refractivity contribution is -0.128. The van der Waals surface area contributed by atoms with Gasteiger partial charge in [-0.3, -0.25) is 19.3 Å². The number of hydrogen-bond acceptors (Lipinski definition) is 4. The summed E-state index contributed by atoms with van der Waals surface area (Å²) in [5, 5.41) is 3.02. The van der Waals surface area contributed by atoms with Crippen molar-refractivity contribution in [3.8, 4) is 0 Å². The zero-order valence-corrected chi connectivity index (χ0v) is 22.1. The van der Waals surface area contributed by atoms with E-state index in [1.807, 2.05) is 62.4 Å². The first-order chi connectivity index (χ1) is 18.8. The van der Waals surface area contributed by atoms with Crippen LogP contribution in [0.1, 0.15) is 57.7 Å². The fourth-order valence-corrected chi connectivity index (χ4v) is 5.45. The molecule has 0 unspecified atom stereocenters. The fourth-order valence-electron chi connectivity index (χ4n) is 5.45. The van der Waals surface area contributed by atoms with Gasteiger partial charge >= 0.3 is 0 Å². The lowest BCUT2D eigenvalue weighted by Gasteiger charge is -2.44. The minimum atomic E-state index is -1.05. The smallest absolute Gasteiger partial charge is 0.256 e. The highest BCUT2D eigenvalue weighted by Crippen LogP contribution is 2.39. The summed E-state index contributed by atoms with van der Waals surface area (Å²) in [5.41, 5.74) is 1.78. The molecule has 2 fully saturated rings. The first-order valence-electron chi connectivity index (χ1n) is 13.2. The van der Waals surface area contributed by atoms with Crippen LogP contribution in [0.25, 0.3) is 0 Å². The first kappa shape index (κ1) is 26.6. The molecular formula is C31H32FN3O4. The number of ether oxygens (including phenoxy) is 1. The van der Waals surface area contributed by atoms with Crippen molar-refractivity contribution >= 4 is 17.7 Å². The van der Waals surface area contributed by atoms with Gasteiger partial charge in [0.1, 0.15) is 17.6 Å². The Labute approximate surface area is 227 Å². The molecule has 5 rings (SSSR count). The van der Waals surface area contributed by atoms with Gasteiger partial charge < -0.3 is 15.0 Å². The summed E-state index contributed by atoms with van der Waals surface area (Å²) >= 11 is 0. The second-order valence-electron chi connectivity index (χ2n) is 10.3. The van der Waals surface area contributed by atoms with Crippen LogP contribution in [0, 0.1) is 12.7 Å². The Kier molecular flexibility index (Phi) is 7.48. The number of halogens is 1. The Balaban J connectivity index is 1.38. The zero-order valence-electron chi connectivity index (χ0n) is 22.1. The van der Waals surface area contributed by atoms with Gasteiger partial charge in [0.15, 0.2) is 0 Å². The summed E-state index contributed by atoms with van der Waals surface area (Å²) < 4.78 is 19.9. The highest BCUT2D eigenvalue weighted by molar-refractivity contribution is 5.98. The van der Waals surface area contributed by atoms with Gasteiger partial charge in [0.25, 0.3) is 11.8 Å². The molecule has 0 aliphatic carbocycles. The van der Waals surface area contributed by atoms with E-state index in [-0.39, 0.29) is 30.0 Å². The maximum Gasteiger partial charge on any atom is 0.256 e. The number of carbonyl (C=O) groups excluding carboxylic acids is 3. The van der Waals surface area contributed by atoms with Crippen LogP contribution in [0.15, 0.2) is 78.9 Å². The molecule has 0 saturated carbocycles. The number of rotatable bonds is 5. The van der Waals surface area contributed by atoms with Crippen molar-refractivity contribution in [3.63, 3.8) is 0 Å². The molecular weight excluding hydrogens is 497 g/mol. The van der Waals surface area contributed by atoms with Gasteiger partial charge in [0.2, 0.25) is 5.91 Å². The van der Waals surface area contributed by atoms with Gasteiger partial charge in [0, 0.05) is 37.1 Å². The molecule has 2 saturated heterocycles. The van der Waals surface area contributed by atoms with E-state index in [4.69, 9.17) is 4.74 Å². The standard InChI is InChI=1S/C31H32FN3O4/c1-21-7-6-10-25(19-21)29(37)34-17-15-31(16-18-34)35(30(38)24-11-13-26(32)14-12-24)27(20-39-31)28(36)33-22(2)23-8-4-3-5-9-23/h3-14,19,22,27H,15-18,20H2,1-2H3,(H,33,36)/t22-,27-/m0/s1. The molecule has 3 aromatic carbocycles. The molecule has 202 valence electrons. The van der Waals surface area contributed by atoms with Crippen LogP contribution >= 0.6 is 0 Å². The Morgan fingerprint density at radius 1 is 0.923 bits per heavy atom. The van der Waals surface area contributed by atoms with Crippen molar-refractivity contribution in [1.82, 2.24) is 15.1 Å². The molecule has 0 bridgehead atoms. The predicted octanol–water partition coefficient (Wildman–Crippen LogP) is 4.49. The van der Waals surface area contributed by atoms with E-state index in [9.17, 15) is 18.8 Å². The van der Waals surface area contributed by atoms with Crippen molar-refractivity contribution in [3.05, 3.63) is 107 Å². The zero-order chi connectivity index (χ0) is 27.6. The lowest BCUT2D eigenvalue weighted by atomic mass is 9.95. The topological polar surface area (TPSA) is 79.0 Å². The summed E-state index contributed by atoms with van der Waals surface area (Å²) in [6, 6.07) is 21.2. The van der Waals surface area contributed by atoms with Crippen LogP contribution in [-0.2, 0) is 9.53 Å². The Bertz CT molecular complexity index is 1350. The number of likely N-dealkylation sites (tertiary alicyclic amines) is 1. The van der Waals surface area contributed by atoms with Crippen LogP contribution < -0.4 is 5.32 Å². The van der Waals surface area contributed by atoms with Crippen LogP contribution in [0.5, 0.6) is 0 Å². The second-order valence-corrected chi connectivity index (χ2v) is 10.3. The number of benzene rings is 3. The highest BCUT2D eigenvalue weighted by atomic mass is 19.1. The van der Waals surface area contributed by atoms with Gasteiger partial charge in [-0.2, -0.15) is 0 Å². The van der Waals surface area contributed by atoms with Gasteiger partial charge in [-0.15, -0.1) is 0 Å². The number of piperidine rings is 1. The Morgan fingerprint density at radius 3 is 2.28 bits per heavy atom. The van der Waals surface area contributed by atoms with Crippen LogP contribution in [-0.4, -0.2) is 59.0 Å². The lowest BCUT2D eigenvalue weighted by Crippen LogP contribution is -2.60. The average Bonchev–Trinajstić information content (AvgIpc) is 3.32. The van der Waals surface area contributed by atoms with E-state index in [1.54, 1.807) is 11.0 Å². The van der Waals surface area contributed by atoms with Gasteiger partial charge in [-0.05, 0) is 55.8 Å². The van der Waals surface area contributed by atoms with Crippen molar-refractivity contribution < 1.29 is 23.5 Å². The Hall–Kier alpha value is -4.04. The monoisotopic (exact) mass is 529 g/mol. The number of nitrogens with zero attached hydrogens (tertiary/aromatic N) is 2. The molecule has 8 heteroatoms. The van der Waals surface area contributed by atoms with Crippen LogP contribution in [0.4, 0.5) is 4.39 Å². The summed E-state index contributed by atoms with van der Waals surface area (Å²) in [4.78, 5) is 43.8. The molecule has 2 aliphatic rings. The minimum Gasteiger partial charge on any atom is -0.353 e. The molecule has 39 heavy (non-hydrogen) atoms. The predicted molar refractivity (Wildman–Crippen MR) is 144 cm³/mol. The molecule has 0 radical (unpaired) electrons. The van der Waals surface area contributed by atoms with Gasteiger partial charge in [-0.1, -0.05) is 48.0 Å². The first-order valence-corrected chi connectivity index (χ1v) is 13.2. The maximum atomic E-state index is 13.8. The molecule has 2 atom stereocenters. The van der Waals surface area contributed by atoms with Crippen molar-refractivity contribution in [1.29, 1.82) is 0 Å². The largest absolute Gasteiger partial charge is 0.353 e. The number of nitrogens with one attached hydrogen (secondary N) is 1. The molecule has 1 spiro atoms. The van der Waals surface area contributed by atoms with E-state index in [0.717, 1.165) is 11.1 Å². The fraction of sp³-hybridized carbons (Fsp3) is 0.323. The van der Waals surface area contributed by atoms with Crippen LogP contribution in [0.2, 0.25) is 0 Å². The Morgan fingerprint density at radius 2 is 1.62 bits per heavy atom. The summed E-state index contributed by atoms with van der Waals surface area (Å²) in [7, 11) is 0. The molecule has 0 aromatic heterocycles. The quantitative estimate of drug-likeness (QED) is 0.529. The van der Waals surface area contributed by atoms with Crippen molar-refractivity contribution in [2.24, 2.45) is 0 Å². The van der Waals surface area contributed by atoms with E-state index in [0.29, 0.717) is 31.5 Å². The third-order valence-corrected chi connectivity index (χ3v) is 7.63. The molecule has 2 heterocycles. The third kappa shape index (κ3) is 5.43. The number of aryl methyl sites for hydroxylation is 1. The number of hydrogen-bond donors (Lipinski definition) is 1. The maximum absolute atomic E-state index is 13.8. The van der Waals surface area contributed by atoms with Crippen molar-refractivity contribution in [2.75, 3.05) is 19.7 Å². The third-order valence-electron chi connectivity index (χ3n) is 7.63. The summed E-state index contributed by atoms with van der Waals surface area (Å²) in [6.07, 6.45) is 0.713.